The molecule has 0 bridgehead atoms. The lowest BCUT2D eigenvalue weighted by atomic mass is 10.1. The normalized spacial score (nSPS) is 12.5. The van der Waals surface area contributed by atoms with E-state index in [0.717, 1.165) is 13.0 Å². The predicted octanol–water partition coefficient (Wildman–Crippen LogP) is 3.20. The van der Waals surface area contributed by atoms with Crippen molar-refractivity contribution in [1.82, 2.24) is 0 Å². The molecule has 0 aliphatic rings. The number of unbranched alkanes of at least 4 members (excludes halogenated alkanes) is 2. The molecular weight excluding hydrogens is 208 g/mol. The summed E-state index contributed by atoms with van der Waals surface area (Å²) in [6.45, 7) is 5.42. The van der Waals surface area contributed by atoms with Crippen molar-refractivity contribution in [2.75, 3.05) is 18.5 Å². The Kier molecular flexibility index (Phi) is 6.06. The molecule has 0 radical (unpaired) electrons. The van der Waals surface area contributed by atoms with Gasteiger partial charge >= 0.3 is 0 Å². The number of rotatable bonds is 7. The summed E-state index contributed by atoms with van der Waals surface area (Å²) in [5.41, 5.74) is 8.42. The first-order valence-electron chi connectivity index (χ1n) is 6.69. The molecule has 0 heterocycles. The molecule has 96 valence electrons. The van der Waals surface area contributed by atoms with Gasteiger partial charge in [-0.15, -0.1) is 0 Å². The molecule has 2 N–H and O–H groups in total. The van der Waals surface area contributed by atoms with E-state index in [4.69, 9.17) is 5.73 Å². The molecule has 2 nitrogen and oxygen atoms in total. The van der Waals surface area contributed by atoms with Crippen LogP contribution in [0.3, 0.4) is 0 Å². The van der Waals surface area contributed by atoms with Crippen LogP contribution in [0.5, 0.6) is 0 Å². The van der Waals surface area contributed by atoms with Crippen LogP contribution in [0.4, 0.5) is 5.69 Å². The van der Waals surface area contributed by atoms with Crippen molar-refractivity contribution in [3.63, 3.8) is 0 Å². The fraction of sp³-hybridized carbons (Fsp3) is 0.600. The van der Waals surface area contributed by atoms with E-state index in [1.165, 1.54) is 30.5 Å². The van der Waals surface area contributed by atoms with Gasteiger partial charge in [0.1, 0.15) is 0 Å². The van der Waals surface area contributed by atoms with Gasteiger partial charge in [0.15, 0.2) is 0 Å². The maximum absolute atomic E-state index is 5.79. The smallest absolute Gasteiger partial charge is 0.0363 e. The molecule has 1 rings (SSSR count). The number of nitrogens with zero attached hydrogens (tertiary/aromatic N) is 1. The van der Waals surface area contributed by atoms with Crippen LogP contribution in [0.2, 0.25) is 0 Å². The lowest BCUT2D eigenvalue weighted by molar-refractivity contribution is 0.705. The summed E-state index contributed by atoms with van der Waals surface area (Å²) in [5.74, 6) is 0. The monoisotopic (exact) mass is 234 g/mol. The van der Waals surface area contributed by atoms with E-state index in [9.17, 15) is 0 Å². The third-order valence-electron chi connectivity index (χ3n) is 3.03. The summed E-state index contributed by atoms with van der Waals surface area (Å²) in [4.78, 5) is 2.32. The highest BCUT2D eigenvalue weighted by molar-refractivity contribution is 5.46. The standard InChI is InChI=1S/C15H26N2/c1-4-5-6-11-17(3)15-9-7-14(8-10-15)12-13(2)16/h7-10,13H,4-6,11-12,16H2,1-3H3. The summed E-state index contributed by atoms with van der Waals surface area (Å²) < 4.78 is 0. The molecule has 0 amide bonds. The van der Waals surface area contributed by atoms with E-state index in [-0.39, 0.29) is 6.04 Å². The van der Waals surface area contributed by atoms with Gasteiger partial charge in [-0.1, -0.05) is 31.9 Å². The fourth-order valence-electron chi connectivity index (χ4n) is 1.99. The van der Waals surface area contributed by atoms with E-state index >= 15 is 0 Å². The second-order valence-corrected chi connectivity index (χ2v) is 4.98. The molecule has 2 heteroatoms. The van der Waals surface area contributed by atoms with E-state index < -0.39 is 0 Å². The first-order chi connectivity index (χ1) is 8.13. The Balaban J connectivity index is 2.48. The van der Waals surface area contributed by atoms with Crippen LogP contribution in [0.15, 0.2) is 24.3 Å². The Morgan fingerprint density at radius 1 is 1.18 bits per heavy atom. The molecule has 0 aliphatic heterocycles. The SMILES string of the molecule is CCCCCN(C)c1ccc(CC(C)N)cc1. The minimum atomic E-state index is 0.239. The molecule has 1 aromatic carbocycles. The van der Waals surface area contributed by atoms with Crippen LogP contribution in [-0.2, 0) is 6.42 Å². The van der Waals surface area contributed by atoms with Crippen LogP contribution in [0, 0.1) is 0 Å². The van der Waals surface area contributed by atoms with Crippen LogP contribution in [0.25, 0.3) is 0 Å². The van der Waals surface area contributed by atoms with Gasteiger partial charge in [-0.05, 0) is 37.5 Å². The Morgan fingerprint density at radius 2 is 1.82 bits per heavy atom. The number of nitrogens with two attached hydrogens (primary N) is 1. The lowest BCUT2D eigenvalue weighted by Gasteiger charge is -2.19. The average Bonchev–Trinajstić information content (AvgIpc) is 2.29. The molecule has 17 heavy (non-hydrogen) atoms. The quantitative estimate of drug-likeness (QED) is 0.734. The molecule has 0 fully saturated rings. The van der Waals surface area contributed by atoms with Gasteiger partial charge in [0, 0.05) is 25.3 Å². The largest absolute Gasteiger partial charge is 0.375 e. The zero-order valence-electron chi connectivity index (χ0n) is 11.4. The lowest BCUT2D eigenvalue weighted by Crippen LogP contribution is -2.19. The number of benzene rings is 1. The van der Waals surface area contributed by atoms with Crippen molar-refractivity contribution >= 4 is 5.69 Å². The Morgan fingerprint density at radius 3 is 2.35 bits per heavy atom. The summed E-state index contributed by atoms with van der Waals surface area (Å²) in [5, 5.41) is 0. The summed E-state index contributed by atoms with van der Waals surface area (Å²) in [6, 6.07) is 9.01. The van der Waals surface area contributed by atoms with Gasteiger partial charge in [0.25, 0.3) is 0 Å². The summed E-state index contributed by atoms with van der Waals surface area (Å²) in [6.07, 6.45) is 4.82. The van der Waals surface area contributed by atoms with Crippen LogP contribution in [0.1, 0.15) is 38.7 Å². The second kappa shape index (κ2) is 7.33. The van der Waals surface area contributed by atoms with Gasteiger partial charge in [0.05, 0.1) is 0 Å². The van der Waals surface area contributed by atoms with E-state index in [2.05, 4.69) is 43.1 Å². The predicted molar refractivity (Wildman–Crippen MR) is 76.6 cm³/mol. The van der Waals surface area contributed by atoms with Crippen molar-refractivity contribution in [1.29, 1.82) is 0 Å². The summed E-state index contributed by atoms with van der Waals surface area (Å²) >= 11 is 0. The highest BCUT2D eigenvalue weighted by atomic mass is 15.1. The maximum atomic E-state index is 5.79. The first kappa shape index (κ1) is 14.0. The number of hydrogen-bond donors (Lipinski definition) is 1. The molecule has 0 aliphatic carbocycles. The number of hydrogen-bond acceptors (Lipinski definition) is 2. The second-order valence-electron chi connectivity index (χ2n) is 4.98. The van der Waals surface area contributed by atoms with Crippen molar-refractivity contribution in [2.24, 2.45) is 5.73 Å². The maximum Gasteiger partial charge on any atom is 0.0363 e. The third kappa shape index (κ3) is 5.22. The molecule has 1 aromatic rings. The van der Waals surface area contributed by atoms with Gasteiger partial charge in [-0.25, -0.2) is 0 Å². The van der Waals surface area contributed by atoms with Crippen molar-refractivity contribution < 1.29 is 0 Å². The number of anilines is 1. The summed E-state index contributed by atoms with van der Waals surface area (Å²) in [7, 11) is 2.16. The Labute approximate surface area is 106 Å². The first-order valence-corrected chi connectivity index (χ1v) is 6.69. The molecule has 0 aromatic heterocycles. The van der Waals surface area contributed by atoms with E-state index in [1.807, 2.05) is 6.92 Å². The molecular formula is C15H26N2. The van der Waals surface area contributed by atoms with Gasteiger partial charge < -0.3 is 10.6 Å². The third-order valence-corrected chi connectivity index (χ3v) is 3.03. The van der Waals surface area contributed by atoms with E-state index in [1.54, 1.807) is 0 Å². The van der Waals surface area contributed by atoms with Crippen LogP contribution in [-0.4, -0.2) is 19.6 Å². The molecule has 1 unspecified atom stereocenters. The van der Waals surface area contributed by atoms with Crippen LogP contribution < -0.4 is 10.6 Å². The minimum Gasteiger partial charge on any atom is -0.375 e. The highest BCUT2D eigenvalue weighted by Gasteiger charge is 2.02. The Hall–Kier alpha value is -1.02. The minimum absolute atomic E-state index is 0.239. The Bertz CT molecular complexity index is 303. The molecule has 0 saturated heterocycles. The van der Waals surface area contributed by atoms with Gasteiger partial charge in [0.2, 0.25) is 0 Å². The van der Waals surface area contributed by atoms with Crippen LogP contribution >= 0.6 is 0 Å². The average molecular weight is 234 g/mol. The van der Waals surface area contributed by atoms with Crippen molar-refractivity contribution in [3.8, 4) is 0 Å². The van der Waals surface area contributed by atoms with E-state index in [0.29, 0.717) is 0 Å². The van der Waals surface area contributed by atoms with Gasteiger partial charge in [-0.3, -0.25) is 0 Å². The zero-order chi connectivity index (χ0) is 12.7. The fourth-order valence-corrected chi connectivity index (χ4v) is 1.99. The molecule has 0 saturated carbocycles. The zero-order valence-corrected chi connectivity index (χ0v) is 11.4. The topological polar surface area (TPSA) is 29.3 Å². The molecule has 0 spiro atoms. The van der Waals surface area contributed by atoms with Crippen molar-refractivity contribution in [3.05, 3.63) is 29.8 Å². The van der Waals surface area contributed by atoms with Crippen molar-refractivity contribution in [2.45, 2.75) is 45.6 Å². The van der Waals surface area contributed by atoms with Gasteiger partial charge in [-0.2, -0.15) is 0 Å². The highest BCUT2D eigenvalue weighted by Crippen LogP contribution is 2.15. The molecule has 1 atom stereocenters.